The molecular weight excluding hydrogens is 336 g/mol. The third-order valence-electron chi connectivity index (χ3n) is 4.65. The monoisotopic (exact) mass is 362 g/mol. The molecule has 0 radical (unpaired) electrons. The van der Waals surface area contributed by atoms with Gasteiger partial charge in [0.1, 0.15) is 12.1 Å². The Hall–Kier alpha value is -2.16. The zero-order chi connectivity index (χ0) is 18.5. The van der Waals surface area contributed by atoms with Gasteiger partial charge in [-0.25, -0.2) is 4.79 Å². The van der Waals surface area contributed by atoms with E-state index in [2.05, 4.69) is 10.2 Å². The van der Waals surface area contributed by atoms with Gasteiger partial charge in [-0.05, 0) is 24.6 Å². The maximum atomic E-state index is 12.2. The summed E-state index contributed by atoms with van der Waals surface area (Å²) in [6.45, 7) is 5.79. The third-order valence-corrected chi connectivity index (χ3v) is 4.65. The molecule has 0 saturated carbocycles. The minimum Gasteiger partial charge on any atom is -0.465 e. The maximum Gasteiger partial charge on any atom is 0.414 e. The first kappa shape index (κ1) is 18.6. The molecule has 2 unspecified atom stereocenters. The Morgan fingerprint density at radius 2 is 2.12 bits per heavy atom. The molecule has 2 aliphatic heterocycles. The van der Waals surface area contributed by atoms with Crippen LogP contribution >= 0.6 is 0 Å². The number of piperazine rings is 1. The summed E-state index contributed by atoms with van der Waals surface area (Å²) in [5.41, 5.74) is 7.43. The maximum absolute atomic E-state index is 12.2. The van der Waals surface area contributed by atoms with Crippen LogP contribution in [-0.2, 0) is 20.8 Å². The number of nitrogens with zero attached hydrogens (tertiary/aromatic N) is 2. The van der Waals surface area contributed by atoms with Gasteiger partial charge in [-0.15, -0.1) is 0 Å². The molecule has 1 aromatic carbocycles. The van der Waals surface area contributed by atoms with E-state index < -0.39 is 0 Å². The highest BCUT2D eigenvalue weighted by Crippen LogP contribution is 2.22. The molecule has 2 aliphatic rings. The molecule has 8 heteroatoms. The summed E-state index contributed by atoms with van der Waals surface area (Å²) in [6.07, 6.45) is -0.565. The Labute approximate surface area is 153 Å². The Kier molecular flexibility index (Phi) is 6.08. The fourth-order valence-electron chi connectivity index (χ4n) is 3.30. The predicted molar refractivity (Wildman–Crippen MR) is 96.8 cm³/mol. The van der Waals surface area contributed by atoms with Gasteiger partial charge < -0.3 is 20.5 Å². The summed E-state index contributed by atoms with van der Waals surface area (Å²) in [5, 5.41) is 3.17. The highest BCUT2D eigenvalue weighted by Gasteiger charge is 2.35. The van der Waals surface area contributed by atoms with Crippen molar-refractivity contribution in [2.45, 2.75) is 25.6 Å². The molecule has 0 aromatic heterocycles. The van der Waals surface area contributed by atoms with E-state index in [-0.39, 0.29) is 24.2 Å². The van der Waals surface area contributed by atoms with Gasteiger partial charge in [-0.2, -0.15) is 0 Å². The second-order valence-corrected chi connectivity index (χ2v) is 6.51. The number of benzene rings is 1. The van der Waals surface area contributed by atoms with Gasteiger partial charge in [-0.3, -0.25) is 14.6 Å². The van der Waals surface area contributed by atoms with E-state index in [1.165, 1.54) is 0 Å². The van der Waals surface area contributed by atoms with Crippen LogP contribution in [0.25, 0.3) is 0 Å². The third kappa shape index (κ3) is 4.32. The number of anilines is 1. The topological polar surface area (TPSA) is 97.1 Å². The first-order valence-corrected chi connectivity index (χ1v) is 9.00. The van der Waals surface area contributed by atoms with Crippen molar-refractivity contribution in [3.63, 3.8) is 0 Å². The van der Waals surface area contributed by atoms with Crippen molar-refractivity contribution in [1.29, 1.82) is 0 Å². The van der Waals surface area contributed by atoms with Crippen LogP contribution in [0.1, 0.15) is 12.5 Å². The van der Waals surface area contributed by atoms with E-state index in [0.717, 1.165) is 17.8 Å². The van der Waals surface area contributed by atoms with E-state index in [1.54, 1.807) is 11.8 Å². The number of amides is 1. The summed E-state index contributed by atoms with van der Waals surface area (Å²) in [6, 6.07) is 7.26. The first-order valence-electron chi connectivity index (χ1n) is 9.00. The van der Waals surface area contributed by atoms with Gasteiger partial charge in [0, 0.05) is 38.4 Å². The van der Waals surface area contributed by atoms with Crippen LogP contribution < -0.4 is 16.0 Å². The highest BCUT2D eigenvalue weighted by atomic mass is 16.6. The van der Waals surface area contributed by atoms with E-state index >= 15 is 0 Å². The standard InChI is InChI=1S/C18H26N4O4/c1-2-25-17(23)16-12-21(8-7-20-16)10-15-11-22(18(24)26-15)14-5-3-13(9-19)4-6-14/h3-6,15-16,20H,2,7-12,19H2,1H3. The van der Waals surface area contributed by atoms with E-state index in [9.17, 15) is 9.59 Å². The number of rotatable bonds is 6. The first-order chi connectivity index (χ1) is 12.6. The second-order valence-electron chi connectivity index (χ2n) is 6.51. The van der Waals surface area contributed by atoms with Crippen molar-refractivity contribution >= 4 is 17.7 Å². The fourth-order valence-corrected chi connectivity index (χ4v) is 3.30. The van der Waals surface area contributed by atoms with Gasteiger partial charge in [0.05, 0.1) is 13.2 Å². The number of nitrogens with one attached hydrogen (secondary N) is 1. The molecule has 3 N–H and O–H groups in total. The molecule has 26 heavy (non-hydrogen) atoms. The lowest BCUT2D eigenvalue weighted by atomic mass is 10.2. The van der Waals surface area contributed by atoms with Crippen molar-refractivity contribution in [3.8, 4) is 0 Å². The van der Waals surface area contributed by atoms with Gasteiger partial charge in [0.2, 0.25) is 0 Å². The summed E-state index contributed by atoms with van der Waals surface area (Å²) in [7, 11) is 0. The van der Waals surface area contributed by atoms with Crippen molar-refractivity contribution in [2.75, 3.05) is 44.2 Å². The fraction of sp³-hybridized carbons (Fsp3) is 0.556. The van der Waals surface area contributed by atoms with Crippen LogP contribution in [-0.4, -0.2) is 68.4 Å². The van der Waals surface area contributed by atoms with E-state index in [1.807, 2.05) is 24.3 Å². The SMILES string of the molecule is CCOC(=O)C1CN(CC2CN(c3ccc(CN)cc3)C(=O)O2)CCN1. The van der Waals surface area contributed by atoms with E-state index in [0.29, 0.717) is 39.3 Å². The van der Waals surface area contributed by atoms with Crippen molar-refractivity contribution < 1.29 is 19.1 Å². The zero-order valence-corrected chi connectivity index (χ0v) is 15.0. The minimum absolute atomic E-state index is 0.224. The summed E-state index contributed by atoms with van der Waals surface area (Å²) in [4.78, 5) is 27.9. The summed E-state index contributed by atoms with van der Waals surface area (Å²) >= 11 is 0. The molecule has 2 heterocycles. The average Bonchev–Trinajstić information content (AvgIpc) is 3.02. The van der Waals surface area contributed by atoms with Crippen molar-refractivity contribution in [3.05, 3.63) is 29.8 Å². The van der Waals surface area contributed by atoms with Crippen molar-refractivity contribution in [2.24, 2.45) is 5.73 Å². The molecule has 2 atom stereocenters. The lowest BCUT2D eigenvalue weighted by Gasteiger charge is -2.33. The molecule has 3 rings (SSSR count). The molecule has 1 aromatic rings. The zero-order valence-electron chi connectivity index (χ0n) is 15.0. The molecule has 8 nitrogen and oxygen atoms in total. The molecule has 0 aliphatic carbocycles. The molecule has 2 fully saturated rings. The number of carbonyl (C=O) groups is 2. The highest BCUT2D eigenvalue weighted by molar-refractivity contribution is 5.89. The number of esters is 1. The minimum atomic E-state index is -0.340. The Bertz CT molecular complexity index is 637. The predicted octanol–water partition coefficient (Wildman–Crippen LogP) is 0.307. The smallest absolute Gasteiger partial charge is 0.414 e. The van der Waals surface area contributed by atoms with Gasteiger partial charge >= 0.3 is 12.1 Å². The van der Waals surface area contributed by atoms with Crippen LogP contribution in [0.2, 0.25) is 0 Å². The number of nitrogens with two attached hydrogens (primary N) is 1. The number of hydrogen-bond donors (Lipinski definition) is 2. The van der Waals surface area contributed by atoms with Crippen LogP contribution in [0.4, 0.5) is 10.5 Å². The van der Waals surface area contributed by atoms with Crippen LogP contribution in [0.15, 0.2) is 24.3 Å². The summed E-state index contributed by atoms with van der Waals surface area (Å²) < 4.78 is 10.6. The van der Waals surface area contributed by atoms with Gasteiger partial charge in [-0.1, -0.05) is 12.1 Å². The normalized spacial score (nSPS) is 23.8. The number of hydrogen-bond acceptors (Lipinski definition) is 7. The second kappa shape index (κ2) is 8.48. The van der Waals surface area contributed by atoms with Gasteiger partial charge in [0.15, 0.2) is 0 Å². The van der Waals surface area contributed by atoms with Crippen LogP contribution in [0.3, 0.4) is 0 Å². The molecular formula is C18H26N4O4. The van der Waals surface area contributed by atoms with E-state index in [4.69, 9.17) is 15.2 Å². The lowest BCUT2D eigenvalue weighted by Crippen LogP contribution is -2.56. The summed E-state index contributed by atoms with van der Waals surface area (Å²) in [5.74, 6) is -0.234. The average molecular weight is 362 g/mol. The molecule has 142 valence electrons. The molecule has 1 amide bonds. The Balaban J connectivity index is 1.56. The number of carbonyl (C=O) groups excluding carboxylic acids is 2. The quantitative estimate of drug-likeness (QED) is 0.703. The molecule has 0 bridgehead atoms. The molecule has 2 saturated heterocycles. The van der Waals surface area contributed by atoms with Crippen LogP contribution in [0.5, 0.6) is 0 Å². The van der Waals surface area contributed by atoms with Gasteiger partial charge in [0.25, 0.3) is 0 Å². The Morgan fingerprint density at radius 3 is 2.81 bits per heavy atom. The van der Waals surface area contributed by atoms with Crippen molar-refractivity contribution in [1.82, 2.24) is 10.2 Å². The number of ether oxygens (including phenoxy) is 2. The van der Waals surface area contributed by atoms with Crippen LogP contribution in [0, 0.1) is 0 Å². The Morgan fingerprint density at radius 1 is 1.35 bits per heavy atom. The lowest BCUT2D eigenvalue weighted by molar-refractivity contribution is -0.147. The largest absolute Gasteiger partial charge is 0.465 e. The molecule has 0 spiro atoms. The number of cyclic esters (lactones) is 1.